The fraction of sp³-hybridized carbons (Fsp3) is 0.435. The second-order valence-electron chi connectivity index (χ2n) is 14.9. The lowest BCUT2D eigenvalue weighted by Crippen LogP contribution is -2.47. The Morgan fingerprint density at radius 2 is 0.964 bits per heavy atom. The summed E-state index contributed by atoms with van der Waals surface area (Å²) in [7, 11) is 0. The summed E-state index contributed by atoms with van der Waals surface area (Å²) in [6, 6.07) is 34.8. The van der Waals surface area contributed by atoms with E-state index in [0.717, 1.165) is 48.9 Å². The molecule has 10 nitrogen and oxygen atoms in total. The average molecular weight is 767 g/mol. The van der Waals surface area contributed by atoms with E-state index < -0.39 is 24.1 Å². The van der Waals surface area contributed by atoms with Gasteiger partial charge in [-0.3, -0.25) is 0 Å². The lowest BCUT2D eigenvalue weighted by Gasteiger charge is -2.32. The van der Waals surface area contributed by atoms with Gasteiger partial charge in [-0.05, 0) is 126 Å². The molecule has 0 amide bonds. The second-order valence-corrected chi connectivity index (χ2v) is 14.9. The number of likely N-dealkylation sites (tertiary alicyclic amines) is 2. The van der Waals surface area contributed by atoms with Crippen LogP contribution in [0.3, 0.4) is 0 Å². The summed E-state index contributed by atoms with van der Waals surface area (Å²) in [5, 5.41) is 18.7. The number of rotatable bonds is 15. The first-order chi connectivity index (χ1) is 27.1. The van der Waals surface area contributed by atoms with Crippen LogP contribution in [0.1, 0.15) is 47.9 Å². The minimum atomic E-state index is -1.69. The van der Waals surface area contributed by atoms with Gasteiger partial charge in [-0.2, -0.15) is 0 Å². The van der Waals surface area contributed by atoms with Crippen molar-refractivity contribution in [2.45, 2.75) is 64.6 Å². The minimum Gasteiger partial charge on any atom is -0.478 e. The maximum absolute atomic E-state index is 11.5. The van der Waals surface area contributed by atoms with Gasteiger partial charge in [0.25, 0.3) is 0 Å². The lowest BCUT2D eigenvalue weighted by molar-refractivity contribution is -0.161. The van der Waals surface area contributed by atoms with Gasteiger partial charge in [0.2, 0.25) is 12.2 Å². The maximum Gasteiger partial charge on any atom is 0.349 e. The number of benzene rings is 4. The Bertz CT molecular complexity index is 1560. The van der Waals surface area contributed by atoms with Crippen molar-refractivity contribution in [3.05, 3.63) is 131 Å². The van der Waals surface area contributed by atoms with Crippen molar-refractivity contribution in [1.29, 1.82) is 0 Å². The Kier molecular flexibility index (Phi) is 18.9. The Labute approximate surface area is 333 Å². The molecule has 0 aliphatic carbocycles. The summed E-state index contributed by atoms with van der Waals surface area (Å²) in [5.41, 5.74) is 16.3. The first-order valence-electron chi connectivity index (χ1n) is 20.0. The molecule has 0 spiro atoms. The van der Waals surface area contributed by atoms with Crippen molar-refractivity contribution < 1.29 is 29.3 Å². The van der Waals surface area contributed by atoms with Crippen molar-refractivity contribution in [3.63, 3.8) is 0 Å². The van der Waals surface area contributed by atoms with Gasteiger partial charge in [-0.1, -0.05) is 96.1 Å². The molecule has 10 heteroatoms. The van der Waals surface area contributed by atoms with Gasteiger partial charge in [0.1, 0.15) is 11.5 Å². The Morgan fingerprint density at radius 1 is 0.607 bits per heavy atom. The standard InChI is InChI=1S/C18H18O6.2C14H22N2/c1-11-3-7-13(8-4-11)23-15(17(19)20)16(18(21)22)24-14-9-5-12(2)6-10-14;2*15-11-14-7-4-9-16(12-14)10-8-13-5-2-1-3-6-13/h3-10,15-16H,1-2H3,(H,19,20)(H,21,22);2*1-3,5-6,14H,4,7-12,15H2/t15-,16-;;/m1../s1. The van der Waals surface area contributed by atoms with Crippen LogP contribution in [0.5, 0.6) is 11.5 Å². The summed E-state index contributed by atoms with van der Waals surface area (Å²) < 4.78 is 10.7. The molecular weight excluding hydrogens is 705 g/mol. The Hall–Kier alpha value is -4.74. The number of hydrogen-bond acceptors (Lipinski definition) is 8. The van der Waals surface area contributed by atoms with Gasteiger partial charge in [0.15, 0.2) is 0 Å². The number of carboxylic acids is 2. The lowest BCUT2D eigenvalue weighted by atomic mass is 9.98. The molecule has 2 aliphatic heterocycles. The van der Waals surface area contributed by atoms with Crippen molar-refractivity contribution in [3.8, 4) is 11.5 Å². The van der Waals surface area contributed by atoms with E-state index >= 15 is 0 Å². The quantitative estimate of drug-likeness (QED) is 0.106. The van der Waals surface area contributed by atoms with Crippen LogP contribution in [-0.2, 0) is 22.4 Å². The number of ether oxygens (including phenoxy) is 2. The molecule has 2 heterocycles. The van der Waals surface area contributed by atoms with Gasteiger partial charge in [-0.25, -0.2) is 9.59 Å². The second kappa shape index (κ2) is 24.0. The number of nitrogens with two attached hydrogens (primary N) is 2. The number of hydrogen-bond donors (Lipinski definition) is 4. The zero-order valence-corrected chi connectivity index (χ0v) is 33.2. The van der Waals surface area contributed by atoms with Gasteiger partial charge < -0.3 is 41.0 Å². The molecule has 0 saturated carbocycles. The molecule has 0 aromatic heterocycles. The summed E-state index contributed by atoms with van der Waals surface area (Å²) in [4.78, 5) is 28.1. The van der Waals surface area contributed by atoms with Gasteiger partial charge >= 0.3 is 11.9 Å². The van der Waals surface area contributed by atoms with E-state index in [4.69, 9.17) is 20.9 Å². The van der Waals surface area contributed by atoms with Crippen molar-refractivity contribution >= 4 is 11.9 Å². The van der Waals surface area contributed by atoms with Crippen LogP contribution < -0.4 is 20.9 Å². The molecule has 6 rings (SSSR count). The summed E-state index contributed by atoms with van der Waals surface area (Å²) >= 11 is 0. The normalized spacial score (nSPS) is 18.2. The highest BCUT2D eigenvalue weighted by Crippen LogP contribution is 2.20. The number of carboxylic acid groups (broad SMARTS) is 2. The molecule has 4 aromatic carbocycles. The van der Waals surface area contributed by atoms with Crippen LogP contribution in [-0.4, -0.2) is 96.5 Å². The fourth-order valence-electron chi connectivity index (χ4n) is 6.97. The Balaban J connectivity index is 0.000000192. The molecule has 4 atom stereocenters. The molecule has 2 fully saturated rings. The molecule has 56 heavy (non-hydrogen) atoms. The largest absolute Gasteiger partial charge is 0.478 e. The number of aryl methyl sites for hydroxylation is 2. The average Bonchev–Trinajstić information content (AvgIpc) is 3.23. The maximum atomic E-state index is 11.5. The van der Waals surface area contributed by atoms with E-state index in [2.05, 4.69) is 70.5 Å². The van der Waals surface area contributed by atoms with Gasteiger partial charge in [-0.15, -0.1) is 0 Å². The molecule has 0 bridgehead atoms. The summed E-state index contributed by atoms with van der Waals surface area (Å²) in [5.74, 6) is -0.877. The number of carbonyl (C=O) groups is 2. The van der Waals surface area contributed by atoms with E-state index in [1.807, 2.05) is 13.8 Å². The third-order valence-corrected chi connectivity index (χ3v) is 10.3. The van der Waals surface area contributed by atoms with Crippen LogP contribution in [0.25, 0.3) is 0 Å². The first-order valence-corrected chi connectivity index (χ1v) is 20.0. The zero-order valence-electron chi connectivity index (χ0n) is 33.2. The predicted molar refractivity (Wildman–Crippen MR) is 223 cm³/mol. The van der Waals surface area contributed by atoms with E-state index in [9.17, 15) is 19.8 Å². The topological polar surface area (TPSA) is 152 Å². The van der Waals surface area contributed by atoms with Crippen LogP contribution >= 0.6 is 0 Å². The molecule has 2 aliphatic rings. The van der Waals surface area contributed by atoms with E-state index in [1.54, 1.807) is 48.5 Å². The van der Waals surface area contributed by atoms with Crippen LogP contribution in [0.4, 0.5) is 0 Å². The monoisotopic (exact) mass is 766 g/mol. The highest BCUT2D eigenvalue weighted by molar-refractivity contribution is 5.84. The Morgan fingerprint density at radius 3 is 1.29 bits per heavy atom. The number of piperidine rings is 2. The molecule has 2 saturated heterocycles. The number of nitrogens with zero attached hydrogens (tertiary/aromatic N) is 2. The highest BCUT2D eigenvalue weighted by atomic mass is 16.6. The van der Waals surface area contributed by atoms with E-state index in [1.165, 1.54) is 76.1 Å². The minimum absolute atomic E-state index is 0.256. The predicted octanol–water partition coefficient (Wildman–Crippen LogP) is 6.47. The van der Waals surface area contributed by atoms with Crippen molar-refractivity contribution in [2.75, 3.05) is 52.4 Å². The zero-order chi connectivity index (χ0) is 40.1. The van der Waals surface area contributed by atoms with E-state index in [0.29, 0.717) is 0 Å². The smallest absolute Gasteiger partial charge is 0.349 e. The fourth-order valence-corrected chi connectivity index (χ4v) is 6.97. The molecule has 4 aromatic rings. The first kappa shape index (κ1) is 44.0. The molecule has 2 unspecified atom stereocenters. The summed E-state index contributed by atoms with van der Waals surface area (Å²) in [6.45, 7) is 12.7. The van der Waals surface area contributed by atoms with Gasteiger partial charge in [0, 0.05) is 26.2 Å². The van der Waals surface area contributed by atoms with E-state index in [-0.39, 0.29) is 11.5 Å². The van der Waals surface area contributed by atoms with Crippen LogP contribution in [0, 0.1) is 25.7 Å². The molecule has 302 valence electrons. The van der Waals surface area contributed by atoms with Crippen molar-refractivity contribution in [1.82, 2.24) is 9.80 Å². The van der Waals surface area contributed by atoms with Gasteiger partial charge in [0.05, 0.1) is 0 Å². The third-order valence-electron chi connectivity index (χ3n) is 10.3. The highest BCUT2D eigenvalue weighted by Gasteiger charge is 2.38. The third kappa shape index (κ3) is 15.8. The SMILES string of the molecule is Cc1ccc(O[C@@H](C(=O)O)[C@@H](Oc2ccc(C)cc2)C(=O)O)cc1.NCC1CCCN(CCc2ccccc2)C1.NCC1CCCN(CCc2ccccc2)C1. The van der Waals surface area contributed by atoms with Crippen LogP contribution in [0.15, 0.2) is 109 Å². The number of aliphatic carboxylic acids is 2. The molecule has 0 radical (unpaired) electrons. The molecule has 6 N–H and O–H groups in total. The van der Waals surface area contributed by atoms with Crippen molar-refractivity contribution in [2.24, 2.45) is 23.3 Å². The summed E-state index contributed by atoms with van der Waals surface area (Å²) in [6.07, 6.45) is 4.22. The molecular formula is C46H62N4O6. The van der Waals surface area contributed by atoms with Crippen LogP contribution in [0.2, 0.25) is 0 Å².